The Bertz CT molecular complexity index is 891. The van der Waals surface area contributed by atoms with Crippen LogP contribution < -0.4 is 11.1 Å². The number of aromatic amines is 1. The Kier molecular flexibility index (Phi) is 5.44. The van der Waals surface area contributed by atoms with Crippen LogP contribution in [0.25, 0.3) is 22.2 Å². The lowest BCUT2D eigenvalue weighted by Crippen LogP contribution is -2.21. The number of rotatable bonds is 4. The van der Waals surface area contributed by atoms with E-state index in [9.17, 15) is 0 Å². The molecule has 1 aliphatic rings. The molecule has 2 heterocycles. The first-order valence-corrected chi connectivity index (χ1v) is 8.93. The molecule has 0 saturated heterocycles. The first-order valence-electron chi connectivity index (χ1n) is 8.93. The molecule has 4 rings (SSSR count). The fourth-order valence-corrected chi connectivity index (χ4v) is 3.55. The van der Waals surface area contributed by atoms with Crippen LogP contribution in [0.5, 0.6) is 0 Å². The second-order valence-corrected chi connectivity index (χ2v) is 7.20. The highest BCUT2D eigenvalue weighted by Gasteiger charge is 2.22. The van der Waals surface area contributed by atoms with Crippen molar-refractivity contribution in [1.29, 1.82) is 0 Å². The Morgan fingerprint density at radius 1 is 1.23 bits per heavy atom. The zero-order valence-corrected chi connectivity index (χ0v) is 15.9. The predicted molar refractivity (Wildman–Crippen MR) is 108 cm³/mol. The monoisotopic (exact) mass is 372 g/mol. The number of fused-ring (bicyclic) bond motifs is 1. The molecule has 4 N–H and O–H groups in total. The van der Waals surface area contributed by atoms with Gasteiger partial charge in [-0.05, 0) is 43.4 Å². The molecule has 0 radical (unpaired) electrons. The number of anilines is 1. The van der Waals surface area contributed by atoms with Crippen molar-refractivity contribution >= 4 is 29.3 Å². The van der Waals surface area contributed by atoms with Crippen molar-refractivity contribution in [3.8, 4) is 11.3 Å². The van der Waals surface area contributed by atoms with E-state index in [1.165, 1.54) is 0 Å². The number of nitrogens with zero attached hydrogens (tertiary/aromatic N) is 3. The van der Waals surface area contributed by atoms with E-state index in [0.717, 1.165) is 47.1 Å². The van der Waals surface area contributed by atoms with Gasteiger partial charge in [-0.2, -0.15) is 5.10 Å². The number of nitrogens with one attached hydrogen (secondary N) is 2. The number of hydrogen-bond acceptors (Lipinski definition) is 5. The maximum Gasteiger partial charge on any atom is 0.223 e. The molecule has 2 atom stereocenters. The first-order chi connectivity index (χ1) is 12.1. The maximum absolute atomic E-state index is 5.99. The Balaban J connectivity index is 0.00000196. The van der Waals surface area contributed by atoms with Crippen LogP contribution in [0, 0.1) is 0 Å². The van der Waals surface area contributed by atoms with Crippen molar-refractivity contribution in [1.82, 2.24) is 20.2 Å². The Morgan fingerprint density at radius 2 is 2.08 bits per heavy atom. The summed E-state index contributed by atoms with van der Waals surface area (Å²) >= 11 is 0. The second-order valence-electron chi connectivity index (χ2n) is 7.20. The number of aromatic nitrogens is 4. The summed E-state index contributed by atoms with van der Waals surface area (Å²) in [7, 11) is 0. The number of benzene rings is 1. The molecular weight excluding hydrogens is 348 g/mol. The van der Waals surface area contributed by atoms with Gasteiger partial charge in [-0.15, -0.1) is 12.4 Å². The molecule has 0 bridgehead atoms. The van der Waals surface area contributed by atoms with Gasteiger partial charge in [-0.3, -0.25) is 5.10 Å². The highest BCUT2D eigenvalue weighted by atomic mass is 35.5. The Labute approximate surface area is 159 Å². The molecule has 1 saturated carbocycles. The lowest BCUT2D eigenvalue weighted by Gasteiger charge is -2.13. The summed E-state index contributed by atoms with van der Waals surface area (Å²) in [5, 5.41) is 12.1. The van der Waals surface area contributed by atoms with E-state index in [1.807, 2.05) is 18.3 Å². The molecule has 1 aliphatic carbocycles. The highest BCUT2D eigenvalue weighted by Crippen LogP contribution is 2.28. The van der Waals surface area contributed by atoms with E-state index in [-0.39, 0.29) is 12.4 Å². The van der Waals surface area contributed by atoms with Gasteiger partial charge in [0.25, 0.3) is 0 Å². The standard InChI is InChI=1S/C19H24N6.ClH/c1-11(2)18-15-9-12(3-6-17(15)24-25-18)16-7-8-21-19(23-16)22-14-5-4-13(20)10-14;/h3,6-9,11,13-14H,4-5,10,20H2,1-2H3,(H,24,25)(H,21,22,23);1H/t13?,14-;/m0./s1. The number of H-pyrrole nitrogens is 1. The van der Waals surface area contributed by atoms with Crippen molar-refractivity contribution in [3.05, 3.63) is 36.2 Å². The molecule has 0 aliphatic heterocycles. The summed E-state index contributed by atoms with van der Waals surface area (Å²) in [5.74, 6) is 1.07. The van der Waals surface area contributed by atoms with Gasteiger partial charge in [0.15, 0.2) is 0 Å². The van der Waals surface area contributed by atoms with E-state index in [0.29, 0.717) is 23.9 Å². The average Bonchev–Trinajstić information content (AvgIpc) is 3.20. The van der Waals surface area contributed by atoms with Gasteiger partial charge in [0.1, 0.15) is 0 Å². The van der Waals surface area contributed by atoms with E-state index in [1.54, 1.807) is 0 Å². The molecule has 1 aromatic carbocycles. The van der Waals surface area contributed by atoms with E-state index in [2.05, 4.69) is 46.5 Å². The lowest BCUT2D eigenvalue weighted by atomic mass is 10.0. The van der Waals surface area contributed by atoms with Gasteiger partial charge in [-0.1, -0.05) is 19.9 Å². The van der Waals surface area contributed by atoms with Crippen molar-refractivity contribution in [2.75, 3.05) is 5.32 Å². The molecule has 7 heteroatoms. The smallest absolute Gasteiger partial charge is 0.223 e. The van der Waals surface area contributed by atoms with Crippen molar-refractivity contribution in [2.45, 2.75) is 51.1 Å². The quantitative estimate of drug-likeness (QED) is 0.646. The van der Waals surface area contributed by atoms with Crippen LogP contribution in [-0.4, -0.2) is 32.2 Å². The van der Waals surface area contributed by atoms with Crippen LogP contribution in [0.4, 0.5) is 5.95 Å². The van der Waals surface area contributed by atoms with Crippen LogP contribution >= 0.6 is 12.4 Å². The number of nitrogens with two attached hydrogens (primary N) is 1. The van der Waals surface area contributed by atoms with Crippen molar-refractivity contribution in [3.63, 3.8) is 0 Å². The van der Waals surface area contributed by atoms with Crippen LogP contribution in [0.3, 0.4) is 0 Å². The third-order valence-corrected chi connectivity index (χ3v) is 4.92. The Morgan fingerprint density at radius 3 is 2.81 bits per heavy atom. The molecule has 1 unspecified atom stereocenters. The van der Waals surface area contributed by atoms with Gasteiger partial charge >= 0.3 is 0 Å². The summed E-state index contributed by atoms with van der Waals surface area (Å²) < 4.78 is 0. The van der Waals surface area contributed by atoms with Crippen molar-refractivity contribution in [2.24, 2.45) is 5.73 Å². The number of hydrogen-bond donors (Lipinski definition) is 3. The third-order valence-electron chi connectivity index (χ3n) is 4.92. The topological polar surface area (TPSA) is 92.5 Å². The van der Waals surface area contributed by atoms with Gasteiger partial charge in [-0.25, -0.2) is 9.97 Å². The molecule has 1 fully saturated rings. The van der Waals surface area contributed by atoms with Crippen LogP contribution in [0.1, 0.15) is 44.7 Å². The summed E-state index contributed by atoms with van der Waals surface area (Å²) in [6.07, 6.45) is 4.93. The zero-order valence-electron chi connectivity index (χ0n) is 15.1. The molecule has 2 aromatic heterocycles. The Hall–Kier alpha value is -2.18. The van der Waals surface area contributed by atoms with E-state index in [4.69, 9.17) is 10.7 Å². The van der Waals surface area contributed by atoms with E-state index < -0.39 is 0 Å². The summed E-state index contributed by atoms with van der Waals surface area (Å²) in [5.41, 5.74) is 10.1. The largest absolute Gasteiger partial charge is 0.351 e. The van der Waals surface area contributed by atoms with Gasteiger partial charge in [0.2, 0.25) is 5.95 Å². The molecule has 0 amide bonds. The van der Waals surface area contributed by atoms with Gasteiger partial charge in [0, 0.05) is 34.9 Å². The van der Waals surface area contributed by atoms with Crippen molar-refractivity contribution < 1.29 is 0 Å². The average molecular weight is 373 g/mol. The highest BCUT2D eigenvalue weighted by molar-refractivity contribution is 5.86. The molecule has 6 nitrogen and oxygen atoms in total. The lowest BCUT2D eigenvalue weighted by molar-refractivity contribution is 0.685. The zero-order chi connectivity index (χ0) is 17.4. The molecule has 0 spiro atoms. The van der Waals surface area contributed by atoms with E-state index >= 15 is 0 Å². The second kappa shape index (κ2) is 7.60. The van der Waals surface area contributed by atoms with Gasteiger partial charge in [0.05, 0.1) is 11.2 Å². The summed E-state index contributed by atoms with van der Waals surface area (Å²) in [4.78, 5) is 9.07. The maximum atomic E-state index is 5.99. The third kappa shape index (κ3) is 3.66. The normalized spacial score (nSPS) is 19.7. The molecule has 138 valence electrons. The van der Waals surface area contributed by atoms with Gasteiger partial charge < -0.3 is 11.1 Å². The summed E-state index contributed by atoms with van der Waals surface area (Å²) in [6.45, 7) is 4.33. The molecule has 3 aromatic rings. The SMILES string of the molecule is CC(C)c1[nH]nc2ccc(-c3ccnc(N[C@H]4CCC(N)C4)n3)cc12.Cl. The summed E-state index contributed by atoms with van der Waals surface area (Å²) in [6, 6.07) is 8.87. The fraction of sp³-hybridized carbons (Fsp3) is 0.421. The first kappa shape index (κ1) is 18.6. The van der Waals surface area contributed by atoms with Crippen LogP contribution in [0.2, 0.25) is 0 Å². The van der Waals surface area contributed by atoms with Crippen LogP contribution in [0.15, 0.2) is 30.5 Å². The predicted octanol–water partition coefficient (Wildman–Crippen LogP) is 3.86. The molecule has 26 heavy (non-hydrogen) atoms. The molecular formula is C19H25ClN6. The minimum atomic E-state index is 0. The number of halogens is 1. The van der Waals surface area contributed by atoms with Crippen LogP contribution in [-0.2, 0) is 0 Å². The minimum absolute atomic E-state index is 0. The minimum Gasteiger partial charge on any atom is -0.351 e. The fourth-order valence-electron chi connectivity index (χ4n) is 3.55.